The number of benzene rings is 1. The summed E-state index contributed by atoms with van der Waals surface area (Å²) in [5, 5.41) is 5.39. The number of aryl methyl sites for hydroxylation is 1. The molecule has 0 bridgehead atoms. The van der Waals surface area contributed by atoms with Crippen molar-refractivity contribution in [2.75, 3.05) is 18.4 Å². The van der Waals surface area contributed by atoms with E-state index in [0.29, 0.717) is 17.1 Å². The van der Waals surface area contributed by atoms with E-state index < -0.39 is 11.8 Å². The van der Waals surface area contributed by atoms with Crippen LogP contribution in [0.2, 0.25) is 0 Å². The highest BCUT2D eigenvalue weighted by molar-refractivity contribution is 7.15. The van der Waals surface area contributed by atoms with Crippen LogP contribution in [0.1, 0.15) is 16.1 Å². The lowest BCUT2D eigenvalue weighted by molar-refractivity contribution is -0.123. The van der Waals surface area contributed by atoms with Crippen molar-refractivity contribution in [2.24, 2.45) is 5.73 Å². The van der Waals surface area contributed by atoms with Gasteiger partial charge in [-0.2, -0.15) is 0 Å². The van der Waals surface area contributed by atoms with Gasteiger partial charge in [0.15, 0.2) is 5.13 Å². The molecule has 0 fully saturated rings. The molecule has 0 spiro atoms. The van der Waals surface area contributed by atoms with E-state index in [0.717, 1.165) is 10.6 Å². The van der Waals surface area contributed by atoms with E-state index in [1.54, 1.807) is 25.1 Å². The second kappa shape index (κ2) is 9.31. The smallest absolute Gasteiger partial charge is 0.245 e. The molecule has 0 aliphatic carbocycles. The Balaban J connectivity index is 0.00000288. The van der Waals surface area contributed by atoms with Crippen molar-refractivity contribution < 1.29 is 14.0 Å². The van der Waals surface area contributed by atoms with Crippen LogP contribution in [0.4, 0.5) is 9.52 Å². The molecule has 0 saturated carbocycles. The predicted molar refractivity (Wildman–Crippen MR) is 94.0 cm³/mol. The Morgan fingerprint density at radius 1 is 1.29 bits per heavy atom. The number of rotatable bonds is 6. The minimum Gasteiger partial charge on any atom is -0.346 e. The number of thiazole rings is 1. The highest BCUT2D eigenvalue weighted by Gasteiger charge is 2.13. The molecule has 1 heterocycles. The number of halogens is 2. The molecule has 0 unspecified atom stereocenters. The molecule has 1 aromatic heterocycles. The van der Waals surface area contributed by atoms with Gasteiger partial charge in [0.25, 0.3) is 0 Å². The fourth-order valence-corrected chi connectivity index (χ4v) is 2.88. The van der Waals surface area contributed by atoms with E-state index >= 15 is 0 Å². The van der Waals surface area contributed by atoms with Crippen molar-refractivity contribution in [1.82, 2.24) is 10.3 Å². The first-order valence-corrected chi connectivity index (χ1v) is 7.77. The van der Waals surface area contributed by atoms with Crippen molar-refractivity contribution in [1.29, 1.82) is 0 Å². The first kappa shape index (κ1) is 20.0. The average Bonchev–Trinajstić information content (AvgIpc) is 2.86. The molecule has 0 radical (unpaired) electrons. The van der Waals surface area contributed by atoms with Crippen molar-refractivity contribution in [3.05, 3.63) is 46.2 Å². The Labute approximate surface area is 149 Å². The Hall–Kier alpha value is -2.03. The van der Waals surface area contributed by atoms with Crippen LogP contribution in [0.3, 0.4) is 0 Å². The fourth-order valence-electron chi connectivity index (χ4n) is 1.87. The molecule has 0 atom stereocenters. The Bertz CT molecular complexity index is 723. The molecule has 130 valence electrons. The monoisotopic (exact) mass is 372 g/mol. The second-order valence-corrected chi connectivity index (χ2v) is 5.91. The SMILES string of the molecule is Cc1nc(NC(=O)CNC(=O)CN)sc1Cc1ccccc1F.Cl. The van der Waals surface area contributed by atoms with Gasteiger partial charge in [0.2, 0.25) is 11.8 Å². The van der Waals surface area contributed by atoms with Crippen LogP contribution in [-0.2, 0) is 16.0 Å². The van der Waals surface area contributed by atoms with Gasteiger partial charge in [-0.3, -0.25) is 9.59 Å². The predicted octanol–water partition coefficient (Wildman–Crippen LogP) is 1.62. The van der Waals surface area contributed by atoms with Crippen LogP contribution >= 0.6 is 23.7 Å². The van der Waals surface area contributed by atoms with Gasteiger partial charge in [0, 0.05) is 11.3 Å². The molecule has 2 rings (SSSR count). The first-order valence-electron chi connectivity index (χ1n) is 6.96. The standard InChI is InChI=1S/C15H17FN4O2S.ClH/c1-9-12(6-10-4-2-3-5-11(10)16)23-15(19-9)20-14(22)8-18-13(21)7-17;/h2-5H,6-8,17H2,1H3,(H,18,21)(H,19,20,22);1H. The maximum absolute atomic E-state index is 13.7. The number of hydrogen-bond donors (Lipinski definition) is 3. The summed E-state index contributed by atoms with van der Waals surface area (Å²) in [5.41, 5.74) is 6.45. The number of nitrogens with one attached hydrogen (secondary N) is 2. The first-order chi connectivity index (χ1) is 11.0. The molecular formula is C15H18ClFN4O2S. The van der Waals surface area contributed by atoms with E-state index in [2.05, 4.69) is 15.6 Å². The highest BCUT2D eigenvalue weighted by Crippen LogP contribution is 2.25. The normalized spacial score (nSPS) is 9.96. The van der Waals surface area contributed by atoms with E-state index in [-0.39, 0.29) is 31.3 Å². The maximum atomic E-state index is 13.7. The van der Waals surface area contributed by atoms with Crippen molar-refractivity contribution in [2.45, 2.75) is 13.3 Å². The van der Waals surface area contributed by atoms with E-state index in [1.807, 2.05) is 0 Å². The van der Waals surface area contributed by atoms with Gasteiger partial charge in [0.05, 0.1) is 18.8 Å². The zero-order valence-electron chi connectivity index (χ0n) is 13.0. The number of carbonyl (C=O) groups is 2. The summed E-state index contributed by atoms with van der Waals surface area (Å²) >= 11 is 1.28. The lowest BCUT2D eigenvalue weighted by Gasteiger charge is -2.03. The van der Waals surface area contributed by atoms with Gasteiger partial charge >= 0.3 is 0 Å². The molecular weight excluding hydrogens is 355 g/mol. The van der Waals surface area contributed by atoms with Gasteiger partial charge in [-0.15, -0.1) is 23.7 Å². The molecule has 9 heteroatoms. The zero-order valence-corrected chi connectivity index (χ0v) is 14.6. The van der Waals surface area contributed by atoms with Gasteiger partial charge in [-0.1, -0.05) is 18.2 Å². The summed E-state index contributed by atoms with van der Waals surface area (Å²) in [7, 11) is 0. The summed E-state index contributed by atoms with van der Waals surface area (Å²) in [6.45, 7) is 1.46. The maximum Gasteiger partial charge on any atom is 0.245 e. The van der Waals surface area contributed by atoms with Crippen LogP contribution in [-0.4, -0.2) is 29.9 Å². The lowest BCUT2D eigenvalue weighted by Crippen LogP contribution is -2.36. The van der Waals surface area contributed by atoms with E-state index in [4.69, 9.17) is 5.73 Å². The lowest BCUT2D eigenvalue weighted by atomic mass is 10.1. The third kappa shape index (κ3) is 5.55. The van der Waals surface area contributed by atoms with E-state index in [1.165, 1.54) is 17.4 Å². The van der Waals surface area contributed by atoms with Crippen LogP contribution < -0.4 is 16.4 Å². The minimum absolute atomic E-state index is 0. The number of aromatic nitrogens is 1. The molecule has 0 aliphatic rings. The summed E-state index contributed by atoms with van der Waals surface area (Å²) in [4.78, 5) is 27.8. The second-order valence-electron chi connectivity index (χ2n) is 4.82. The Kier molecular flexibility index (Phi) is 7.76. The molecule has 4 N–H and O–H groups in total. The van der Waals surface area contributed by atoms with Crippen molar-refractivity contribution >= 4 is 40.7 Å². The number of amides is 2. The van der Waals surface area contributed by atoms with Crippen LogP contribution in [0.5, 0.6) is 0 Å². The summed E-state index contributed by atoms with van der Waals surface area (Å²) < 4.78 is 13.7. The molecule has 2 aromatic rings. The van der Waals surface area contributed by atoms with Gasteiger partial charge in [-0.05, 0) is 18.6 Å². The molecule has 0 aliphatic heterocycles. The number of nitrogens with two attached hydrogens (primary N) is 1. The van der Waals surface area contributed by atoms with Crippen LogP contribution in [0.15, 0.2) is 24.3 Å². The minimum atomic E-state index is -0.407. The van der Waals surface area contributed by atoms with Crippen LogP contribution in [0.25, 0.3) is 0 Å². The van der Waals surface area contributed by atoms with Gasteiger partial charge in [-0.25, -0.2) is 9.37 Å². The quantitative estimate of drug-likeness (QED) is 0.717. The average molecular weight is 373 g/mol. The van der Waals surface area contributed by atoms with Gasteiger partial charge in [0.1, 0.15) is 5.82 Å². The largest absolute Gasteiger partial charge is 0.346 e. The fraction of sp³-hybridized carbons (Fsp3) is 0.267. The number of carbonyl (C=O) groups excluding carboxylic acids is 2. The third-order valence-corrected chi connectivity index (χ3v) is 4.15. The number of nitrogens with zero attached hydrogens (tertiary/aromatic N) is 1. The molecule has 0 saturated heterocycles. The topological polar surface area (TPSA) is 97.1 Å². The summed E-state index contributed by atoms with van der Waals surface area (Å²) in [6, 6.07) is 6.54. The zero-order chi connectivity index (χ0) is 16.8. The number of hydrogen-bond acceptors (Lipinski definition) is 5. The number of anilines is 1. The van der Waals surface area contributed by atoms with Crippen LogP contribution in [0, 0.1) is 12.7 Å². The molecule has 1 aromatic carbocycles. The summed E-state index contributed by atoms with van der Waals surface area (Å²) in [5.74, 6) is -1.07. The Morgan fingerprint density at radius 2 is 2.00 bits per heavy atom. The summed E-state index contributed by atoms with van der Waals surface area (Å²) in [6.07, 6.45) is 0.413. The molecule has 6 nitrogen and oxygen atoms in total. The van der Waals surface area contributed by atoms with E-state index in [9.17, 15) is 14.0 Å². The van der Waals surface area contributed by atoms with Gasteiger partial charge < -0.3 is 16.4 Å². The van der Waals surface area contributed by atoms with Crippen molar-refractivity contribution in [3.63, 3.8) is 0 Å². The third-order valence-electron chi connectivity index (χ3n) is 3.08. The van der Waals surface area contributed by atoms with Crippen molar-refractivity contribution in [3.8, 4) is 0 Å². The molecule has 2 amide bonds. The highest BCUT2D eigenvalue weighted by atomic mass is 35.5. The molecule has 24 heavy (non-hydrogen) atoms. The Morgan fingerprint density at radius 3 is 2.67 bits per heavy atom.